The highest BCUT2D eigenvalue weighted by Crippen LogP contribution is 2.34. The van der Waals surface area contributed by atoms with Crippen molar-refractivity contribution in [1.82, 2.24) is 0 Å². The normalized spacial score (nSPS) is 11.0. The summed E-state index contributed by atoms with van der Waals surface area (Å²) in [6.07, 6.45) is 0. The molecule has 0 atom stereocenters. The lowest BCUT2D eigenvalue weighted by molar-refractivity contribution is 0.596. The zero-order valence-electron chi connectivity index (χ0n) is 9.20. The fourth-order valence-corrected chi connectivity index (χ4v) is 3.83. The summed E-state index contributed by atoms with van der Waals surface area (Å²) in [4.78, 5) is -0.0110. The van der Waals surface area contributed by atoms with Gasteiger partial charge in [-0.2, -0.15) is 0 Å². The SMILES string of the molecule is O=S(=O)(c1ccc(Cl)cc1)c1cc(Cl)c(Cl)cc1Cl.[SiH4]. The summed E-state index contributed by atoms with van der Waals surface area (Å²) < 4.78 is 24.8. The van der Waals surface area contributed by atoms with Gasteiger partial charge in [0.25, 0.3) is 0 Å². The zero-order valence-corrected chi connectivity index (χ0v) is 13.0. The Morgan fingerprint density at radius 1 is 0.750 bits per heavy atom. The summed E-state index contributed by atoms with van der Waals surface area (Å²) >= 11 is 23.2. The zero-order chi connectivity index (χ0) is 14.2. The molecule has 2 rings (SSSR count). The Kier molecular flexibility index (Phi) is 5.96. The third-order valence-corrected chi connectivity index (χ3v) is 5.60. The van der Waals surface area contributed by atoms with E-state index in [1.807, 2.05) is 0 Å². The highest BCUT2D eigenvalue weighted by molar-refractivity contribution is 7.91. The van der Waals surface area contributed by atoms with Crippen molar-refractivity contribution in [2.45, 2.75) is 9.79 Å². The molecule has 2 aromatic rings. The van der Waals surface area contributed by atoms with Crippen molar-refractivity contribution in [2.75, 3.05) is 0 Å². The van der Waals surface area contributed by atoms with Crippen molar-refractivity contribution in [3.05, 3.63) is 56.5 Å². The molecule has 0 aliphatic heterocycles. The number of hydrogen-bond donors (Lipinski definition) is 0. The molecule has 0 amide bonds. The van der Waals surface area contributed by atoms with E-state index in [0.717, 1.165) is 0 Å². The molecule has 0 saturated heterocycles. The van der Waals surface area contributed by atoms with Crippen LogP contribution in [0.5, 0.6) is 0 Å². The number of sulfone groups is 1. The molecule has 0 N–H and O–H groups in total. The van der Waals surface area contributed by atoms with Gasteiger partial charge in [-0.05, 0) is 47.4 Å². The van der Waals surface area contributed by atoms with Crippen LogP contribution in [0.25, 0.3) is 0 Å². The minimum atomic E-state index is -3.76. The average Bonchev–Trinajstić information content (AvgIpc) is 2.34. The molecule has 0 bridgehead atoms. The number of halogens is 4. The van der Waals surface area contributed by atoms with Crippen molar-refractivity contribution >= 4 is 67.2 Å². The first-order chi connectivity index (χ1) is 8.82. The van der Waals surface area contributed by atoms with E-state index in [1.54, 1.807) is 0 Å². The number of rotatable bonds is 2. The van der Waals surface area contributed by atoms with Crippen LogP contribution in [0, 0.1) is 0 Å². The summed E-state index contributed by atoms with van der Waals surface area (Å²) in [6, 6.07) is 8.30. The molecule has 108 valence electrons. The lowest BCUT2D eigenvalue weighted by Crippen LogP contribution is -2.02. The first-order valence-electron chi connectivity index (χ1n) is 4.97. The third-order valence-electron chi connectivity index (χ3n) is 2.39. The van der Waals surface area contributed by atoms with E-state index in [4.69, 9.17) is 46.4 Å². The molecule has 0 heterocycles. The largest absolute Gasteiger partial charge is 0.218 e. The molecule has 0 aliphatic carbocycles. The molecule has 8 heteroatoms. The summed E-state index contributed by atoms with van der Waals surface area (Å²) in [5.41, 5.74) is 0. The summed E-state index contributed by atoms with van der Waals surface area (Å²) in [5.74, 6) is 0. The van der Waals surface area contributed by atoms with E-state index < -0.39 is 9.84 Å². The van der Waals surface area contributed by atoms with Gasteiger partial charge in [0.05, 0.1) is 24.9 Å². The quantitative estimate of drug-likeness (QED) is 0.581. The van der Waals surface area contributed by atoms with Gasteiger partial charge in [-0.1, -0.05) is 46.4 Å². The molecule has 0 unspecified atom stereocenters. The van der Waals surface area contributed by atoms with Gasteiger partial charge in [0.2, 0.25) is 9.84 Å². The van der Waals surface area contributed by atoms with Gasteiger partial charge in [-0.15, -0.1) is 0 Å². The van der Waals surface area contributed by atoms with Crippen LogP contribution in [0.1, 0.15) is 0 Å². The predicted molar refractivity (Wildman–Crippen MR) is 89.7 cm³/mol. The molecule has 2 nitrogen and oxygen atoms in total. The Labute approximate surface area is 141 Å². The predicted octanol–water partition coefficient (Wildman–Crippen LogP) is 3.68. The van der Waals surface area contributed by atoms with Crippen LogP contribution < -0.4 is 0 Å². The first-order valence-corrected chi connectivity index (χ1v) is 7.97. The second-order valence-electron chi connectivity index (χ2n) is 3.65. The van der Waals surface area contributed by atoms with Gasteiger partial charge < -0.3 is 0 Å². The molecular formula is C12H10Cl4O2SSi. The molecular weight excluding hydrogens is 378 g/mol. The minimum absolute atomic E-state index is 0. The van der Waals surface area contributed by atoms with Crippen LogP contribution in [0.15, 0.2) is 46.2 Å². The van der Waals surface area contributed by atoms with Crippen LogP contribution in [0.2, 0.25) is 20.1 Å². The van der Waals surface area contributed by atoms with Crippen LogP contribution >= 0.6 is 46.4 Å². The molecule has 0 spiro atoms. The number of benzene rings is 2. The highest BCUT2D eigenvalue weighted by atomic mass is 35.5. The number of hydrogen-bond acceptors (Lipinski definition) is 2. The monoisotopic (exact) mass is 386 g/mol. The van der Waals surface area contributed by atoms with Gasteiger partial charge >= 0.3 is 0 Å². The van der Waals surface area contributed by atoms with E-state index in [0.29, 0.717) is 5.02 Å². The Morgan fingerprint density at radius 3 is 1.80 bits per heavy atom. The van der Waals surface area contributed by atoms with Gasteiger partial charge in [0, 0.05) is 5.02 Å². The Hall–Kier alpha value is -0.233. The van der Waals surface area contributed by atoms with Gasteiger partial charge in [0.15, 0.2) is 0 Å². The van der Waals surface area contributed by atoms with Crippen LogP contribution in [-0.4, -0.2) is 19.4 Å². The van der Waals surface area contributed by atoms with E-state index in [-0.39, 0.29) is 35.8 Å². The second kappa shape index (κ2) is 6.69. The highest BCUT2D eigenvalue weighted by Gasteiger charge is 2.22. The molecule has 0 aliphatic rings. The summed E-state index contributed by atoms with van der Waals surface area (Å²) in [7, 11) is -3.76. The molecule has 0 aromatic heterocycles. The molecule has 0 radical (unpaired) electrons. The minimum Gasteiger partial charge on any atom is -0.218 e. The maximum Gasteiger partial charge on any atom is 0.208 e. The van der Waals surface area contributed by atoms with Crippen LogP contribution in [0.4, 0.5) is 0 Å². The van der Waals surface area contributed by atoms with Gasteiger partial charge in [0.1, 0.15) is 0 Å². The van der Waals surface area contributed by atoms with E-state index in [9.17, 15) is 8.42 Å². The van der Waals surface area contributed by atoms with Crippen molar-refractivity contribution in [3.63, 3.8) is 0 Å². The van der Waals surface area contributed by atoms with E-state index in [2.05, 4.69) is 0 Å². The molecule has 20 heavy (non-hydrogen) atoms. The molecule has 0 saturated carbocycles. The lowest BCUT2D eigenvalue weighted by Gasteiger charge is -2.08. The topological polar surface area (TPSA) is 34.1 Å². The Morgan fingerprint density at radius 2 is 1.25 bits per heavy atom. The van der Waals surface area contributed by atoms with Crippen molar-refractivity contribution < 1.29 is 8.42 Å². The standard InChI is InChI=1S/C12H6Cl4O2S.H4Si/c13-7-1-3-8(4-2-7)19(17,18)12-6-10(15)9(14)5-11(12)16;/h1-6H;1H4. The summed E-state index contributed by atoms with van der Waals surface area (Å²) in [5, 5.41) is 0.781. The van der Waals surface area contributed by atoms with Gasteiger partial charge in [-0.25, -0.2) is 8.42 Å². The van der Waals surface area contributed by atoms with Crippen molar-refractivity contribution in [3.8, 4) is 0 Å². The smallest absolute Gasteiger partial charge is 0.208 e. The first kappa shape index (κ1) is 17.8. The maximum absolute atomic E-state index is 12.4. The second-order valence-corrected chi connectivity index (χ2v) is 7.23. The van der Waals surface area contributed by atoms with E-state index in [1.165, 1.54) is 36.4 Å². The van der Waals surface area contributed by atoms with Crippen molar-refractivity contribution in [1.29, 1.82) is 0 Å². The van der Waals surface area contributed by atoms with Crippen molar-refractivity contribution in [2.24, 2.45) is 0 Å². The fraction of sp³-hybridized carbons (Fsp3) is 0. The van der Waals surface area contributed by atoms with Crippen LogP contribution in [-0.2, 0) is 9.84 Å². The van der Waals surface area contributed by atoms with Crippen LogP contribution in [0.3, 0.4) is 0 Å². The summed E-state index contributed by atoms with van der Waals surface area (Å²) in [6.45, 7) is 0. The Balaban J connectivity index is 0.00000200. The van der Waals surface area contributed by atoms with E-state index >= 15 is 0 Å². The lowest BCUT2D eigenvalue weighted by atomic mass is 10.3. The fourth-order valence-electron chi connectivity index (χ4n) is 1.45. The molecule has 2 aromatic carbocycles. The maximum atomic E-state index is 12.4. The Bertz CT molecular complexity index is 730. The van der Waals surface area contributed by atoms with Gasteiger partial charge in [-0.3, -0.25) is 0 Å². The average molecular weight is 388 g/mol. The third kappa shape index (κ3) is 3.50. The molecule has 0 fully saturated rings.